The van der Waals surface area contributed by atoms with Crippen LogP contribution in [-0.2, 0) is 4.79 Å². The number of pyridine rings is 2. The molecule has 0 saturated heterocycles. The summed E-state index contributed by atoms with van der Waals surface area (Å²) >= 11 is 0. The molecule has 1 unspecified atom stereocenters. The molecule has 0 radical (unpaired) electrons. The van der Waals surface area contributed by atoms with Gasteiger partial charge in [-0.3, -0.25) is 14.8 Å². The molecule has 0 amide bonds. The lowest BCUT2D eigenvalue weighted by Gasteiger charge is -2.13. The molecule has 0 spiro atoms. The predicted molar refractivity (Wildman–Crippen MR) is 111 cm³/mol. The number of aliphatic carboxylic acids is 1. The molecule has 0 saturated carbocycles. The van der Waals surface area contributed by atoms with Crippen LogP contribution in [0.4, 0.5) is 0 Å². The molecule has 29 heavy (non-hydrogen) atoms. The zero-order valence-corrected chi connectivity index (χ0v) is 16.0. The number of rotatable bonds is 6. The monoisotopic (exact) mass is 384 g/mol. The van der Waals surface area contributed by atoms with E-state index < -0.39 is 11.9 Å². The first-order chi connectivity index (χ1) is 14.2. The first kappa shape index (κ1) is 18.7. The minimum atomic E-state index is -0.825. The number of carbonyl (C=O) groups is 1. The second-order valence-electron chi connectivity index (χ2n) is 6.78. The van der Waals surface area contributed by atoms with Gasteiger partial charge in [0.25, 0.3) is 0 Å². The second kappa shape index (κ2) is 8.14. The molecule has 0 bridgehead atoms. The molecule has 3 heterocycles. The van der Waals surface area contributed by atoms with Crippen LogP contribution in [0.25, 0.3) is 33.8 Å². The molecule has 1 N–H and O–H groups in total. The Morgan fingerprint density at radius 1 is 0.897 bits per heavy atom. The van der Waals surface area contributed by atoms with Gasteiger partial charge in [-0.2, -0.15) is 0 Å². The zero-order chi connectivity index (χ0) is 20.2. The Hall–Kier alpha value is -3.67. The van der Waals surface area contributed by atoms with Crippen molar-refractivity contribution in [3.05, 3.63) is 72.6 Å². The predicted octanol–water partition coefficient (Wildman–Crippen LogP) is 4.72. The van der Waals surface area contributed by atoms with E-state index in [9.17, 15) is 9.90 Å². The fourth-order valence-electron chi connectivity index (χ4n) is 3.37. The van der Waals surface area contributed by atoms with Crippen molar-refractivity contribution >= 4 is 17.0 Å². The van der Waals surface area contributed by atoms with Crippen LogP contribution in [0.2, 0.25) is 0 Å². The first-order valence-corrected chi connectivity index (χ1v) is 9.54. The number of carboxylic acids is 1. The Kier molecular flexibility index (Phi) is 5.24. The van der Waals surface area contributed by atoms with Crippen molar-refractivity contribution in [3.8, 4) is 22.8 Å². The lowest BCUT2D eigenvalue weighted by molar-refractivity contribution is -0.139. The van der Waals surface area contributed by atoms with Crippen LogP contribution in [0.15, 0.2) is 67.0 Å². The van der Waals surface area contributed by atoms with Crippen LogP contribution in [0.3, 0.4) is 0 Å². The molecule has 1 aromatic carbocycles. The molecule has 6 heteroatoms. The van der Waals surface area contributed by atoms with E-state index in [0.717, 1.165) is 12.0 Å². The third-order valence-corrected chi connectivity index (χ3v) is 4.78. The topological polar surface area (TPSA) is 88.9 Å². The Balaban J connectivity index is 1.92. The standard InChI is InChI=1S/C23H20N4O2/c1-2-7-16(23(28)29)15-10-11-17-20(14-15)27-22(19-9-4-6-13-25-19)21(26-17)18-8-3-5-12-24-18/h3-6,8-14,16H,2,7H2,1H3,(H,28,29). The summed E-state index contributed by atoms with van der Waals surface area (Å²) in [6.07, 6.45) is 4.79. The van der Waals surface area contributed by atoms with Gasteiger partial charge in [-0.05, 0) is 48.4 Å². The summed E-state index contributed by atoms with van der Waals surface area (Å²) in [7, 11) is 0. The van der Waals surface area contributed by atoms with Crippen molar-refractivity contribution in [2.24, 2.45) is 0 Å². The number of hydrogen-bond donors (Lipinski definition) is 1. The van der Waals surface area contributed by atoms with Gasteiger partial charge < -0.3 is 5.11 Å². The molecule has 0 aliphatic carbocycles. The number of carboxylic acid groups (broad SMARTS) is 1. The quantitative estimate of drug-likeness (QED) is 0.517. The Morgan fingerprint density at radius 3 is 2.03 bits per heavy atom. The molecule has 4 rings (SSSR count). The van der Waals surface area contributed by atoms with Gasteiger partial charge in [0.2, 0.25) is 0 Å². The van der Waals surface area contributed by atoms with Gasteiger partial charge in [-0.15, -0.1) is 0 Å². The van der Waals surface area contributed by atoms with E-state index in [-0.39, 0.29) is 0 Å². The van der Waals surface area contributed by atoms with Crippen molar-refractivity contribution < 1.29 is 9.90 Å². The van der Waals surface area contributed by atoms with E-state index in [0.29, 0.717) is 40.2 Å². The van der Waals surface area contributed by atoms with Crippen molar-refractivity contribution in [1.29, 1.82) is 0 Å². The molecule has 0 aliphatic heterocycles. The smallest absolute Gasteiger partial charge is 0.310 e. The summed E-state index contributed by atoms with van der Waals surface area (Å²) in [5.41, 5.74) is 4.74. The summed E-state index contributed by atoms with van der Waals surface area (Å²) in [6, 6.07) is 16.7. The summed E-state index contributed by atoms with van der Waals surface area (Å²) < 4.78 is 0. The Morgan fingerprint density at radius 2 is 1.52 bits per heavy atom. The highest BCUT2D eigenvalue weighted by atomic mass is 16.4. The average molecular weight is 384 g/mol. The highest BCUT2D eigenvalue weighted by Crippen LogP contribution is 2.30. The van der Waals surface area contributed by atoms with E-state index in [1.165, 1.54) is 0 Å². The zero-order valence-electron chi connectivity index (χ0n) is 16.0. The lowest BCUT2D eigenvalue weighted by atomic mass is 9.94. The number of benzene rings is 1. The van der Waals surface area contributed by atoms with Crippen molar-refractivity contribution in [2.75, 3.05) is 0 Å². The minimum Gasteiger partial charge on any atom is -0.481 e. The third kappa shape index (κ3) is 3.82. The van der Waals surface area contributed by atoms with Gasteiger partial charge in [-0.25, -0.2) is 9.97 Å². The highest BCUT2D eigenvalue weighted by molar-refractivity contribution is 5.86. The summed E-state index contributed by atoms with van der Waals surface area (Å²) in [5, 5.41) is 9.60. The van der Waals surface area contributed by atoms with Gasteiger partial charge in [-0.1, -0.05) is 31.5 Å². The molecule has 4 aromatic rings. The van der Waals surface area contributed by atoms with E-state index in [2.05, 4.69) is 9.97 Å². The molecule has 144 valence electrons. The van der Waals surface area contributed by atoms with Crippen LogP contribution in [-0.4, -0.2) is 31.0 Å². The van der Waals surface area contributed by atoms with Crippen molar-refractivity contribution in [3.63, 3.8) is 0 Å². The van der Waals surface area contributed by atoms with Crippen LogP contribution in [0.5, 0.6) is 0 Å². The minimum absolute atomic E-state index is 0.556. The van der Waals surface area contributed by atoms with Crippen LogP contribution in [0.1, 0.15) is 31.2 Å². The van der Waals surface area contributed by atoms with E-state index in [1.807, 2.05) is 61.5 Å². The fourth-order valence-corrected chi connectivity index (χ4v) is 3.37. The normalized spacial score (nSPS) is 12.0. The third-order valence-electron chi connectivity index (χ3n) is 4.78. The number of fused-ring (bicyclic) bond motifs is 1. The SMILES string of the molecule is CCCC(C(=O)O)c1ccc2nc(-c3ccccn3)c(-c3ccccn3)nc2c1. The molecular formula is C23H20N4O2. The molecule has 1 atom stereocenters. The Bertz CT molecular complexity index is 1150. The van der Waals surface area contributed by atoms with E-state index >= 15 is 0 Å². The summed E-state index contributed by atoms with van der Waals surface area (Å²) in [4.78, 5) is 30.2. The van der Waals surface area contributed by atoms with E-state index in [1.54, 1.807) is 12.4 Å². The molecule has 3 aromatic heterocycles. The summed E-state index contributed by atoms with van der Waals surface area (Å²) in [6.45, 7) is 1.98. The largest absolute Gasteiger partial charge is 0.481 e. The second-order valence-corrected chi connectivity index (χ2v) is 6.78. The lowest BCUT2D eigenvalue weighted by Crippen LogP contribution is -2.11. The van der Waals surface area contributed by atoms with Gasteiger partial charge in [0.1, 0.15) is 11.4 Å². The average Bonchev–Trinajstić information content (AvgIpc) is 2.77. The number of nitrogens with zero attached hydrogens (tertiary/aromatic N) is 4. The van der Waals surface area contributed by atoms with Gasteiger partial charge in [0, 0.05) is 12.4 Å². The molecule has 0 aliphatic rings. The van der Waals surface area contributed by atoms with E-state index in [4.69, 9.17) is 9.97 Å². The molecule has 0 fully saturated rings. The number of hydrogen-bond acceptors (Lipinski definition) is 5. The summed E-state index contributed by atoms with van der Waals surface area (Å²) in [5.74, 6) is -1.38. The fraction of sp³-hybridized carbons (Fsp3) is 0.174. The first-order valence-electron chi connectivity index (χ1n) is 9.54. The maximum atomic E-state index is 11.7. The van der Waals surface area contributed by atoms with Crippen molar-refractivity contribution in [2.45, 2.75) is 25.7 Å². The van der Waals surface area contributed by atoms with Crippen LogP contribution < -0.4 is 0 Å². The maximum Gasteiger partial charge on any atom is 0.310 e. The van der Waals surface area contributed by atoms with Crippen LogP contribution in [0, 0.1) is 0 Å². The highest BCUT2D eigenvalue weighted by Gasteiger charge is 2.21. The van der Waals surface area contributed by atoms with Gasteiger partial charge >= 0.3 is 5.97 Å². The van der Waals surface area contributed by atoms with Gasteiger partial charge in [0.05, 0.1) is 28.3 Å². The molecular weight excluding hydrogens is 364 g/mol. The number of aromatic nitrogens is 4. The maximum absolute atomic E-state index is 11.7. The van der Waals surface area contributed by atoms with Gasteiger partial charge in [0.15, 0.2) is 0 Å². The van der Waals surface area contributed by atoms with Crippen molar-refractivity contribution in [1.82, 2.24) is 19.9 Å². The molecule has 6 nitrogen and oxygen atoms in total. The van der Waals surface area contributed by atoms with Crippen LogP contribution >= 0.6 is 0 Å². The Labute approximate surface area is 168 Å².